The molecule has 0 fully saturated rings. The molecule has 0 heterocycles. The summed E-state index contributed by atoms with van der Waals surface area (Å²) < 4.78 is 9.68. The Morgan fingerprint density at radius 2 is 1.52 bits per heavy atom. The SMILES string of the molecule is COc1ccc(CCc2cccc(OC(O)(O)O)c2)cc1. The molecule has 0 aliphatic rings. The van der Waals surface area contributed by atoms with Crippen molar-refractivity contribution in [3.63, 3.8) is 0 Å². The number of methoxy groups -OCH3 is 1. The minimum Gasteiger partial charge on any atom is -0.497 e. The van der Waals surface area contributed by atoms with Gasteiger partial charge in [0.05, 0.1) is 7.11 Å². The number of hydrogen-bond donors (Lipinski definition) is 3. The Hall–Kier alpha value is -2.08. The normalized spacial score (nSPS) is 11.2. The zero-order valence-electron chi connectivity index (χ0n) is 11.7. The number of benzene rings is 2. The molecule has 112 valence electrons. The van der Waals surface area contributed by atoms with Crippen LogP contribution in [0.5, 0.6) is 11.5 Å². The predicted octanol–water partition coefficient (Wildman–Crippen LogP) is 1.45. The molecule has 0 spiro atoms. The number of rotatable bonds is 6. The van der Waals surface area contributed by atoms with Gasteiger partial charge in [-0.25, -0.2) is 0 Å². The second-order valence-corrected chi connectivity index (χ2v) is 4.67. The lowest BCUT2D eigenvalue weighted by Crippen LogP contribution is -2.34. The molecule has 0 saturated carbocycles. The van der Waals surface area contributed by atoms with E-state index in [9.17, 15) is 0 Å². The molecule has 0 unspecified atom stereocenters. The zero-order valence-corrected chi connectivity index (χ0v) is 11.7. The summed E-state index contributed by atoms with van der Waals surface area (Å²) in [6.45, 7) is 0. The Labute approximate surface area is 123 Å². The second kappa shape index (κ2) is 6.58. The van der Waals surface area contributed by atoms with Gasteiger partial charge in [0.25, 0.3) is 0 Å². The summed E-state index contributed by atoms with van der Waals surface area (Å²) in [5.74, 6) is 1.01. The van der Waals surface area contributed by atoms with Crippen molar-refractivity contribution in [3.8, 4) is 11.5 Å². The fourth-order valence-corrected chi connectivity index (χ4v) is 2.00. The molecule has 2 aromatic carbocycles. The summed E-state index contributed by atoms with van der Waals surface area (Å²) in [6, 6.07) is 14.6. The molecule has 5 nitrogen and oxygen atoms in total. The third-order valence-electron chi connectivity index (χ3n) is 3.01. The van der Waals surface area contributed by atoms with Gasteiger partial charge in [0.2, 0.25) is 0 Å². The van der Waals surface area contributed by atoms with Gasteiger partial charge in [-0.1, -0.05) is 24.3 Å². The lowest BCUT2D eigenvalue weighted by molar-refractivity contribution is -0.419. The highest BCUT2D eigenvalue weighted by molar-refractivity contribution is 5.31. The third kappa shape index (κ3) is 5.07. The largest absolute Gasteiger partial charge is 0.497 e. The van der Waals surface area contributed by atoms with Crippen molar-refractivity contribution in [2.24, 2.45) is 0 Å². The molecule has 0 aliphatic heterocycles. The average Bonchev–Trinajstić information content (AvgIpc) is 2.44. The molecule has 0 atom stereocenters. The molecule has 2 rings (SSSR count). The van der Waals surface area contributed by atoms with Crippen LogP contribution >= 0.6 is 0 Å². The first-order chi connectivity index (χ1) is 9.96. The summed E-state index contributed by atoms with van der Waals surface area (Å²) in [5.41, 5.74) is 2.13. The quantitative estimate of drug-likeness (QED) is 0.702. The van der Waals surface area contributed by atoms with Crippen molar-refractivity contribution in [2.45, 2.75) is 19.0 Å². The summed E-state index contributed by atoms with van der Waals surface area (Å²) in [7, 11) is 1.63. The first-order valence-electron chi connectivity index (χ1n) is 6.54. The van der Waals surface area contributed by atoms with Gasteiger partial charge in [-0.15, -0.1) is 0 Å². The first kappa shape index (κ1) is 15.3. The van der Waals surface area contributed by atoms with Crippen molar-refractivity contribution < 1.29 is 24.8 Å². The van der Waals surface area contributed by atoms with E-state index in [-0.39, 0.29) is 5.75 Å². The standard InChI is InChI=1S/C16H18O5/c1-20-14-9-7-12(8-10-14)5-6-13-3-2-4-15(11-13)21-16(17,18)19/h2-4,7-11,17-19H,5-6H2,1H3. The summed E-state index contributed by atoms with van der Waals surface area (Å²) >= 11 is 0. The highest BCUT2D eigenvalue weighted by atomic mass is 16.9. The van der Waals surface area contributed by atoms with Crippen molar-refractivity contribution in [3.05, 3.63) is 59.7 Å². The highest BCUT2D eigenvalue weighted by Gasteiger charge is 2.20. The van der Waals surface area contributed by atoms with Crippen LogP contribution in [0.2, 0.25) is 0 Å². The molecule has 0 aromatic heterocycles. The molecule has 5 heteroatoms. The van der Waals surface area contributed by atoms with Crippen LogP contribution in [-0.4, -0.2) is 28.6 Å². The minimum absolute atomic E-state index is 0.190. The molecule has 0 radical (unpaired) electrons. The molecule has 2 aromatic rings. The third-order valence-corrected chi connectivity index (χ3v) is 3.01. The molecule has 0 saturated heterocycles. The molecule has 0 aliphatic carbocycles. The van der Waals surface area contributed by atoms with E-state index in [4.69, 9.17) is 20.1 Å². The first-order valence-corrected chi connectivity index (χ1v) is 6.54. The van der Waals surface area contributed by atoms with E-state index in [0.717, 1.165) is 24.2 Å². The Balaban J connectivity index is 1.97. The number of ether oxygens (including phenoxy) is 2. The number of aryl methyl sites for hydroxylation is 2. The molecule has 3 N–H and O–H groups in total. The van der Waals surface area contributed by atoms with Crippen LogP contribution in [0.25, 0.3) is 0 Å². The predicted molar refractivity (Wildman–Crippen MR) is 76.9 cm³/mol. The lowest BCUT2D eigenvalue weighted by Gasteiger charge is -2.15. The smallest absolute Gasteiger partial charge is 0.453 e. The maximum atomic E-state index is 8.80. The van der Waals surface area contributed by atoms with E-state index in [0.29, 0.717) is 0 Å². The van der Waals surface area contributed by atoms with E-state index >= 15 is 0 Å². The average molecular weight is 290 g/mol. The lowest BCUT2D eigenvalue weighted by atomic mass is 10.0. The zero-order chi connectivity index (χ0) is 15.3. The van der Waals surface area contributed by atoms with E-state index < -0.39 is 6.16 Å². The maximum absolute atomic E-state index is 8.80. The van der Waals surface area contributed by atoms with Gasteiger partial charge in [0.1, 0.15) is 11.5 Å². The van der Waals surface area contributed by atoms with Crippen molar-refractivity contribution in [1.29, 1.82) is 0 Å². The van der Waals surface area contributed by atoms with Crippen LogP contribution in [0, 0.1) is 0 Å². The van der Waals surface area contributed by atoms with E-state index in [1.165, 1.54) is 11.6 Å². The van der Waals surface area contributed by atoms with Gasteiger partial charge in [0.15, 0.2) is 0 Å². The fraction of sp³-hybridized carbons (Fsp3) is 0.250. The molecule has 0 bridgehead atoms. The van der Waals surface area contributed by atoms with Crippen molar-refractivity contribution in [1.82, 2.24) is 0 Å². The van der Waals surface area contributed by atoms with E-state index in [2.05, 4.69) is 4.74 Å². The number of aliphatic hydroxyl groups is 3. The van der Waals surface area contributed by atoms with Crippen molar-refractivity contribution in [2.75, 3.05) is 7.11 Å². The van der Waals surface area contributed by atoms with E-state index in [1.807, 2.05) is 30.3 Å². The van der Waals surface area contributed by atoms with Crippen LogP contribution in [0.4, 0.5) is 0 Å². The Morgan fingerprint density at radius 1 is 0.857 bits per heavy atom. The summed E-state index contributed by atoms with van der Waals surface area (Å²) in [6.07, 6.45) is -1.57. The molecule has 21 heavy (non-hydrogen) atoms. The number of hydrogen-bond acceptors (Lipinski definition) is 5. The van der Waals surface area contributed by atoms with Gasteiger partial charge in [-0.05, 0) is 48.2 Å². The van der Waals surface area contributed by atoms with Gasteiger partial charge in [-0.3, -0.25) is 0 Å². The van der Waals surface area contributed by atoms with Crippen LogP contribution < -0.4 is 9.47 Å². The van der Waals surface area contributed by atoms with Crippen LogP contribution in [0.3, 0.4) is 0 Å². The van der Waals surface area contributed by atoms with Gasteiger partial charge in [0, 0.05) is 0 Å². The molecular weight excluding hydrogens is 272 g/mol. The molecular formula is C16H18O5. The minimum atomic E-state index is -3.16. The molecule has 0 amide bonds. The monoisotopic (exact) mass is 290 g/mol. The van der Waals surface area contributed by atoms with E-state index in [1.54, 1.807) is 19.2 Å². The van der Waals surface area contributed by atoms with Crippen LogP contribution in [0.15, 0.2) is 48.5 Å². The van der Waals surface area contributed by atoms with Crippen molar-refractivity contribution >= 4 is 0 Å². The summed E-state index contributed by atoms with van der Waals surface area (Å²) in [4.78, 5) is 0. The van der Waals surface area contributed by atoms with Crippen LogP contribution in [0.1, 0.15) is 11.1 Å². The maximum Gasteiger partial charge on any atom is 0.453 e. The Bertz CT molecular complexity index is 572. The summed E-state index contributed by atoms with van der Waals surface area (Å²) in [5, 5.41) is 26.4. The van der Waals surface area contributed by atoms with Gasteiger partial charge in [-0.2, -0.15) is 0 Å². The Kier molecular flexibility index (Phi) is 4.80. The van der Waals surface area contributed by atoms with Gasteiger partial charge >= 0.3 is 6.16 Å². The van der Waals surface area contributed by atoms with Gasteiger partial charge < -0.3 is 24.8 Å². The Morgan fingerprint density at radius 3 is 2.14 bits per heavy atom. The second-order valence-electron chi connectivity index (χ2n) is 4.67. The van der Waals surface area contributed by atoms with Crippen LogP contribution in [-0.2, 0) is 12.8 Å². The fourth-order valence-electron chi connectivity index (χ4n) is 2.00. The highest BCUT2D eigenvalue weighted by Crippen LogP contribution is 2.18. The topological polar surface area (TPSA) is 79.2 Å².